The number of para-hydroxylation sites is 1. The first-order valence-electron chi connectivity index (χ1n) is 10.8. The van der Waals surface area contributed by atoms with E-state index < -0.39 is 12.1 Å². The first-order valence-corrected chi connectivity index (χ1v) is 10.8. The summed E-state index contributed by atoms with van der Waals surface area (Å²) < 4.78 is 0. The fourth-order valence-electron chi connectivity index (χ4n) is 5.61. The smallest absolute Gasteiger partial charge is 0.329 e. The number of carbonyl (C=O) groups excluding carboxylic acids is 4. The lowest BCUT2D eigenvalue weighted by molar-refractivity contribution is -0.149. The molecule has 8 heteroatoms. The van der Waals surface area contributed by atoms with Crippen molar-refractivity contribution in [3.63, 3.8) is 0 Å². The van der Waals surface area contributed by atoms with E-state index in [2.05, 4.69) is 5.32 Å². The van der Waals surface area contributed by atoms with Gasteiger partial charge in [0.05, 0.1) is 12.1 Å². The highest BCUT2D eigenvalue weighted by atomic mass is 16.2. The van der Waals surface area contributed by atoms with E-state index in [1.807, 2.05) is 15.9 Å². The van der Waals surface area contributed by atoms with Crippen LogP contribution in [0.25, 0.3) is 0 Å². The van der Waals surface area contributed by atoms with Gasteiger partial charge in [-0.1, -0.05) is 18.2 Å². The SMILES string of the molecule is O=C(C[C@@H]1NC(=O)N(c2ccccc2)C1=O)N1CC2CC(C1)C1CCCC(=O)N1C2. The van der Waals surface area contributed by atoms with Crippen molar-refractivity contribution in [2.24, 2.45) is 11.8 Å². The molecule has 1 aromatic rings. The Morgan fingerprint density at radius 2 is 1.87 bits per heavy atom. The molecule has 3 unspecified atom stereocenters. The number of anilines is 1. The van der Waals surface area contributed by atoms with E-state index in [4.69, 9.17) is 0 Å². The van der Waals surface area contributed by atoms with E-state index in [-0.39, 0.29) is 30.2 Å². The Labute approximate surface area is 175 Å². The summed E-state index contributed by atoms with van der Waals surface area (Å²) in [4.78, 5) is 55.4. The van der Waals surface area contributed by atoms with Crippen molar-refractivity contribution in [1.82, 2.24) is 15.1 Å². The van der Waals surface area contributed by atoms with Crippen molar-refractivity contribution >= 4 is 29.4 Å². The summed E-state index contributed by atoms with van der Waals surface area (Å²) in [5.74, 6) is 0.358. The van der Waals surface area contributed by atoms with Gasteiger partial charge in [0, 0.05) is 32.1 Å². The molecule has 2 bridgehead atoms. The lowest BCUT2D eigenvalue weighted by atomic mass is 9.76. The van der Waals surface area contributed by atoms with Crippen LogP contribution in [0, 0.1) is 11.8 Å². The van der Waals surface area contributed by atoms with Gasteiger partial charge in [-0.2, -0.15) is 0 Å². The number of hydrogen-bond acceptors (Lipinski definition) is 4. The number of fused-ring (bicyclic) bond motifs is 4. The van der Waals surface area contributed by atoms with Gasteiger partial charge in [0.25, 0.3) is 5.91 Å². The summed E-state index contributed by atoms with van der Waals surface area (Å²) in [5, 5.41) is 2.66. The Balaban J connectivity index is 1.25. The first kappa shape index (κ1) is 19.1. The largest absolute Gasteiger partial charge is 0.342 e. The number of piperidine rings is 3. The Morgan fingerprint density at radius 3 is 2.67 bits per heavy atom. The van der Waals surface area contributed by atoms with Gasteiger partial charge in [-0.3, -0.25) is 14.4 Å². The van der Waals surface area contributed by atoms with E-state index >= 15 is 0 Å². The Bertz CT molecular complexity index is 888. The maximum atomic E-state index is 13.0. The molecule has 8 nitrogen and oxygen atoms in total. The van der Waals surface area contributed by atoms with Crippen molar-refractivity contribution in [3.8, 4) is 0 Å². The number of amides is 5. The van der Waals surface area contributed by atoms with Gasteiger partial charge in [-0.25, -0.2) is 9.69 Å². The highest BCUT2D eigenvalue weighted by Crippen LogP contribution is 2.38. The van der Waals surface area contributed by atoms with Gasteiger partial charge in [0.2, 0.25) is 11.8 Å². The molecule has 0 spiro atoms. The molecule has 5 rings (SSSR count). The molecule has 5 amide bonds. The molecule has 4 fully saturated rings. The average molecular weight is 410 g/mol. The number of nitrogens with one attached hydrogen (secondary N) is 1. The Hall–Kier alpha value is -2.90. The van der Waals surface area contributed by atoms with Crippen LogP contribution in [0.5, 0.6) is 0 Å². The van der Waals surface area contributed by atoms with Crippen LogP contribution in [0.2, 0.25) is 0 Å². The summed E-state index contributed by atoms with van der Waals surface area (Å²) in [6.07, 6.45) is 3.60. The third-order valence-corrected chi connectivity index (χ3v) is 6.94. The van der Waals surface area contributed by atoms with E-state index in [9.17, 15) is 19.2 Å². The summed E-state index contributed by atoms with van der Waals surface area (Å²) in [7, 11) is 0. The van der Waals surface area contributed by atoms with Gasteiger partial charge >= 0.3 is 6.03 Å². The molecule has 4 aliphatic rings. The molecular weight excluding hydrogens is 384 g/mol. The van der Waals surface area contributed by atoms with Gasteiger partial charge in [0.15, 0.2) is 0 Å². The maximum Gasteiger partial charge on any atom is 0.329 e. The molecule has 1 aromatic carbocycles. The number of rotatable bonds is 3. The number of nitrogens with zero attached hydrogens (tertiary/aromatic N) is 3. The molecule has 4 heterocycles. The summed E-state index contributed by atoms with van der Waals surface area (Å²) in [6.45, 7) is 1.97. The molecule has 30 heavy (non-hydrogen) atoms. The number of benzene rings is 1. The fourth-order valence-corrected chi connectivity index (χ4v) is 5.61. The first-order chi connectivity index (χ1) is 14.5. The van der Waals surface area contributed by atoms with Crippen LogP contribution in [0.15, 0.2) is 30.3 Å². The van der Waals surface area contributed by atoms with Crippen LogP contribution < -0.4 is 10.2 Å². The highest BCUT2D eigenvalue weighted by Gasteiger charge is 2.46. The zero-order valence-corrected chi connectivity index (χ0v) is 16.8. The minimum atomic E-state index is -0.834. The van der Waals surface area contributed by atoms with Crippen molar-refractivity contribution < 1.29 is 19.2 Å². The van der Waals surface area contributed by atoms with Crippen LogP contribution in [0.4, 0.5) is 10.5 Å². The second-order valence-corrected chi connectivity index (χ2v) is 8.88. The Morgan fingerprint density at radius 1 is 1.07 bits per heavy atom. The monoisotopic (exact) mass is 410 g/mol. The number of carbonyl (C=O) groups is 4. The van der Waals surface area contributed by atoms with Crippen LogP contribution in [-0.4, -0.2) is 65.3 Å². The quantitative estimate of drug-likeness (QED) is 0.762. The average Bonchev–Trinajstić information content (AvgIpc) is 3.02. The third-order valence-electron chi connectivity index (χ3n) is 6.94. The van der Waals surface area contributed by atoms with Crippen LogP contribution in [0.1, 0.15) is 32.1 Å². The molecule has 0 saturated carbocycles. The minimum absolute atomic E-state index is 0.0271. The number of hydrogen-bond donors (Lipinski definition) is 1. The third kappa shape index (κ3) is 3.24. The molecule has 1 N–H and O–H groups in total. The lowest BCUT2D eigenvalue weighted by Crippen LogP contribution is -2.61. The predicted molar refractivity (Wildman–Crippen MR) is 108 cm³/mol. The second kappa shape index (κ2) is 7.41. The van der Waals surface area contributed by atoms with E-state index in [0.29, 0.717) is 37.0 Å². The highest BCUT2D eigenvalue weighted by molar-refractivity contribution is 6.22. The maximum absolute atomic E-state index is 13.0. The standard InChI is InChI=1S/C22H26N4O4/c27-19-8-4-7-18-15-9-14(12-25(18)19)11-24(13-15)20(28)10-17-21(29)26(22(30)23-17)16-5-2-1-3-6-16/h1-3,5-6,14-15,17-18H,4,7-13H2,(H,23,30)/t14?,15?,17-,18?/m0/s1. The minimum Gasteiger partial charge on any atom is -0.342 e. The number of urea groups is 1. The molecule has 4 saturated heterocycles. The molecular formula is C22H26N4O4. The second-order valence-electron chi connectivity index (χ2n) is 8.88. The van der Waals surface area contributed by atoms with E-state index in [1.54, 1.807) is 24.3 Å². The molecule has 4 aliphatic heterocycles. The lowest BCUT2D eigenvalue weighted by Gasteiger charge is -2.52. The van der Waals surface area contributed by atoms with Gasteiger partial charge in [-0.15, -0.1) is 0 Å². The summed E-state index contributed by atoms with van der Waals surface area (Å²) >= 11 is 0. The van der Waals surface area contributed by atoms with Gasteiger partial charge in [-0.05, 0) is 43.2 Å². The van der Waals surface area contributed by atoms with Crippen LogP contribution in [-0.2, 0) is 14.4 Å². The summed E-state index contributed by atoms with van der Waals surface area (Å²) in [5.41, 5.74) is 0.504. The normalized spacial score (nSPS) is 30.9. The van der Waals surface area contributed by atoms with E-state index in [0.717, 1.165) is 30.7 Å². The van der Waals surface area contributed by atoms with E-state index in [1.165, 1.54) is 0 Å². The number of likely N-dealkylation sites (tertiary alicyclic amines) is 1. The molecule has 158 valence electrons. The van der Waals surface area contributed by atoms with Gasteiger partial charge in [0.1, 0.15) is 6.04 Å². The van der Waals surface area contributed by atoms with Gasteiger partial charge < -0.3 is 15.1 Å². The summed E-state index contributed by atoms with van der Waals surface area (Å²) in [6, 6.07) is 7.66. The Kier molecular flexibility index (Phi) is 4.72. The zero-order chi connectivity index (χ0) is 20.8. The number of imide groups is 1. The van der Waals surface area contributed by atoms with Crippen molar-refractivity contribution in [3.05, 3.63) is 30.3 Å². The van der Waals surface area contributed by atoms with Crippen molar-refractivity contribution in [2.75, 3.05) is 24.5 Å². The molecule has 4 atom stereocenters. The fraction of sp³-hybridized carbons (Fsp3) is 0.545. The predicted octanol–water partition coefficient (Wildman–Crippen LogP) is 1.36. The molecule has 0 radical (unpaired) electrons. The van der Waals surface area contributed by atoms with Crippen molar-refractivity contribution in [2.45, 2.75) is 44.2 Å². The van der Waals surface area contributed by atoms with Crippen molar-refractivity contribution in [1.29, 1.82) is 0 Å². The zero-order valence-electron chi connectivity index (χ0n) is 16.8. The molecule has 0 aromatic heterocycles. The van der Waals surface area contributed by atoms with Crippen LogP contribution >= 0.6 is 0 Å². The topological polar surface area (TPSA) is 90.0 Å². The van der Waals surface area contributed by atoms with Crippen LogP contribution in [0.3, 0.4) is 0 Å². The molecule has 0 aliphatic carbocycles.